The van der Waals surface area contributed by atoms with Crippen molar-refractivity contribution in [3.8, 4) is 0 Å². The second kappa shape index (κ2) is 15.1. The van der Waals surface area contributed by atoms with Crippen molar-refractivity contribution in [1.29, 1.82) is 0 Å². The van der Waals surface area contributed by atoms with Crippen LogP contribution in [0, 0.1) is 6.92 Å². The molecule has 2 aliphatic rings. The van der Waals surface area contributed by atoms with Crippen molar-refractivity contribution < 1.29 is 19.4 Å². The minimum atomic E-state index is -0.904. The number of hydrogen-bond acceptors (Lipinski definition) is 8. The number of aryl methyl sites for hydroxylation is 2. The first-order valence-electron chi connectivity index (χ1n) is 14.2. The summed E-state index contributed by atoms with van der Waals surface area (Å²) in [5.41, 5.74) is 4.59. The molecule has 2 aliphatic heterocycles. The van der Waals surface area contributed by atoms with Gasteiger partial charge in [0, 0.05) is 65.2 Å². The largest absolute Gasteiger partial charge is 0.478 e. The zero-order chi connectivity index (χ0) is 30.9. The van der Waals surface area contributed by atoms with Crippen LogP contribution in [-0.4, -0.2) is 95.2 Å². The molecule has 43 heavy (non-hydrogen) atoms. The highest BCUT2D eigenvalue weighted by Gasteiger charge is 2.17. The van der Waals surface area contributed by atoms with Crippen LogP contribution in [0.5, 0.6) is 0 Å². The third-order valence-corrected chi connectivity index (χ3v) is 7.78. The number of fused-ring (bicyclic) bond motifs is 1. The van der Waals surface area contributed by atoms with E-state index in [1.54, 1.807) is 36.5 Å². The number of imidazole rings is 1. The Bertz CT molecular complexity index is 1540. The molecule has 228 valence electrons. The number of aromatic carboxylic acids is 1. The van der Waals surface area contributed by atoms with Gasteiger partial charge in [0.2, 0.25) is 0 Å². The summed E-state index contributed by atoms with van der Waals surface area (Å²) in [6.07, 6.45) is 3.69. The third-order valence-electron chi connectivity index (χ3n) is 7.47. The average Bonchev–Trinajstić information content (AvgIpc) is 3.27. The molecule has 0 spiro atoms. The minimum Gasteiger partial charge on any atom is -0.478 e. The molecule has 1 N–H and O–H groups in total. The molecule has 2 aromatic heterocycles. The van der Waals surface area contributed by atoms with Crippen molar-refractivity contribution in [2.75, 3.05) is 58.4 Å². The Morgan fingerprint density at radius 1 is 1.07 bits per heavy atom. The van der Waals surface area contributed by atoms with Gasteiger partial charge in [0.15, 0.2) is 0 Å². The predicted molar refractivity (Wildman–Crippen MR) is 170 cm³/mol. The fraction of sp³-hybridized carbons (Fsp3) is 0.375. The molecule has 0 bridgehead atoms. The van der Waals surface area contributed by atoms with Crippen LogP contribution in [0.3, 0.4) is 0 Å². The second-order valence-electron chi connectivity index (χ2n) is 10.7. The Balaban J connectivity index is 0.000000176. The molecular weight excluding hydrogens is 568 g/mol. The molecular formula is C32H39ClN6O4. The van der Waals surface area contributed by atoms with Crippen LogP contribution in [0.2, 0.25) is 5.02 Å². The van der Waals surface area contributed by atoms with E-state index in [4.69, 9.17) is 21.4 Å². The molecule has 2 saturated heterocycles. The van der Waals surface area contributed by atoms with E-state index in [-0.39, 0.29) is 0 Å². The van der Waals surface area contributed by atoms with Crippen LogP contribution < -0.4 is 4.90 Å². The highest BCUT2D eigenvalue weighted by Crippen LogP contribution is 2.30. The Hall–Kier alpha value is -3.83. The van der Waals surface area contributed by atoms with E-state index in [2.05, 4.69) is 26.8 Å². The molecule has 2 fully saturated rings. The van der Waals surface area contributed by atoms with Gasteiger partial charge >= 0.3 is 5.97 Å². The molecule has 11 heteroatoms. The van der Waals surface area contributed by atoms with E-state index in [1.165, 1.54) is 6.42 Å². The molecule has 0 unspecified atom stereocenters. The zero-order valence-corrected chi connectivity index (χ0v) is 25.9. The van der Waals surface area contributed by atoms with Gasteiger partial charge in [-0.2, -0.15) is 0 Å². The van der Waals surface area contributed by atoms with Crippen molar-refractivity contribution in [1.82, 2.24) is 24.3 Å². The van der Waals surface area contributed by atoms with E-state index in [1.807, 2.05) is 48.7 Å². The monoisotopic (exact) mass is 606 g/mol. The van der Waals surface area contributed by atoms with Gasteiger partial charge in [-0.25, -0.2) is 14.8 Å². The number of carbonyl (C=O) groups excluding carboxylic acids is 1. The number of carbonyl (C=O) groups is 2. The quantitative estimate of drug-likeness (QED) is 0.302. The standard InChI is InChI=1S/C15H20N4O2.C14H13ClN2O.C3H6O/c1-17-5-7-19(8-6-17)10-14-16-12-4-3-11(15(20)21)9-13(12)18(14)2;1-10-3-4-13(12(15)7-10)17(2)14-8-11(9-18)5-6-16-14;1-2-4-3-1/h3-4,9H,5-8,10H2,1-2H3,(H,20,21);3-9H,1-2H3;1-3H2. The molecule has 10 nitrogen and oxygen atoms in total. The highest BCUT2D eigenvalue weighted by molar-refractivity contribution is 6.33. The van der Waals surface area contributed by atoms with Crippen molar-refractivity contribution >= 4 is 46.4 Å². The van der Waals surface area contributed by atoms with Gasteiger partial charge < -0.3 is 24.2 Å². The number of pyridine rings is 1. The van der Waals surface area contributed by atoms with Gasteiger partial charge in [0.05, 0.1) is 33.9 Å². The summed E-state index contributed by atoms with van der Waals surface area (Å²) in [4.78, 5) is 37.3. The lowest BCUT2D eigenvalue weighted by atomic mass is 10.2. The van der Waals surface area contributed by atoms with E-state index in [0.717, 1.165) is 80.3 Å². The van der Waals surface area contributed by atoms with Crippen molar-refractivity contribution in [2.24, 2.45) is 7.05 Å². The maximum atomic E-state index is 11.1. The Kier molecular flexibility index (Phi) is 11.2. The topological polar surface area (TPSA) is 104 Å². The smallest absolute Gasteiger partial charge is 0.335 e. The fourth-order valence-electron chi connectivity index (χ4n) is 4.56. The molecule has 4 heterocycles. The average molecular weight is 607 g/mol. The summed E-state index contributed by atoms with van der Waals surface area (Å²) in [5, 5.41) is 9.75. The van der Waals surface area contributed by atoms with Crippen LogP contribution >= 0.6 is 11.6 Å². The number of aromatic nitrogens is 3. The predicted octanol–water partition coefficient (Wildman–Crippen LogP) is 5.05. The number of halogens is 1. The molecule has 0 saturated carbocycles. The van der Waals surface area contributed by atoms with Crippen molar-refractivity contribution in [3.05, 3.63) is 82.3 Å². The summed E-state index contributed by atoms with van der Waals surface area (Å²) in [5.74, 6) is 0.765. The zero-order valence-electron chi connectivity index (χ0n) is 25.2. The summed E-state index contributed by atoms with van der Waals surface area (Å²) in [7, 11) is 5.96. The SMILES string of the molecule is C1COC1.CN1CCN(Cc2nc3ccc(C(=O)O)cc3n2C)CC1.Cc1ccc(N(C)c2cc(C=O)ccn2)c(Cl)c1. The summed E-state index contributed by atoms with van der Waals surface area (Å²) < 4.78 is 6.72. The van der Waals surface area contributed by atoms with E-state index < -0.39 is 5.97 Å². The van der Waals surface area contributed by atoms with Crippen LogP contribution in [0.25, 0.3) is 11.0 Å². The second-order valence-corrected chi connectivity index (χ2v) is 11.1. The number of benzene rings is 2. The van der Waals surface area contributed by atoms with Crippen molar-refractivity contribution in [3.63, 3.8) is 0 Å². The first-order valence-corrected chi connectivity index (χ1v) is 14.6. The maximum absolute atomic E-state index is 11.1. The number of aldehydes is 1. The van der Waals surface area contributed by atoms with Gasteiger partial charge in [-0.15, -0.1) is 0 Å². The van der Waals surface area contributed by atoms with Crippen LogP contribution in [0.15, 0.2) is 54.7 Å². The molecule has 6 rings (SSSR count). The number of hydrogen-bond donors (Lipinski definition) is 1. The normalized spacial score (nSPS) is 15.0. The van der Waals surface area contributed by atoms with E-state index in [9.17, 15) is 9.59 Å². The lowest BCUT2D eigenvalue weighted by molar-refractivity contribution is 0.0367. The minimum absolute atomic E-state index is 0.302. The summed E-state index contributed by atoms with van der Waals surface area (Å²) >= 11 is 6.21. The number of carboxylic acids is 1. The van der Waals surface area contributed by atoms with Crippen LogP contribution in [-0.2, 0) is 18.3 Å². The fourth-order valence-corrected chi connectivity index (χ4v) is 4.92. The molecule has 0 atom stereocenters. The number of likely N-dealkylation sites (N-methyl/N-ethyl adjacent to an activating group) is 1. The highest BCUT2D eigenvalue weighted by atomic mass is 35.5. The summed E-state index contributed by atoms with van der Waals surface area (Å²) in [6, 6.07) is 14.3. The number of carboxylic acid groups (broad SMARTS) is 1. The van der Waals surface area contributed by atoms with Gasteiger partial charge in [0.25, 0.3) is 0 Å². The van der Waals surface area contributed by atoms with Gasteiger partial charge in [-0.05, 0) is 68.4 Å². The summed E-state index contributed by atoms with van der Waals surface area (Å²) in [6.45, 7) is 9.03. The maximum Gasteiger partial charge on any atom is 0.335 e. The molecule has 2 aromatic carbocycles. The molecule has 0 aliphatic carbocycles. The number of nitrogens with zero attached hydrogens (tertiary/aromatic N) is 6. The number of rotatable bonds is 6. The van der Waals surface area contributed by atoms with Crippen molar-refractivity contribution in [2.45, 2.75) is 19.9 Å². The Morgan fingerprint density at radius 2 is 1.77 bits per heavy atom. The lowest BCUT2D eigenvalue weighted by Crippen LogP contribution is -2.44. The number of piperazine rings is 1. The Labute approximate surface area is 257 Å². The molecule has 0 amide bonds. The van der Waals surface area contributed by atoms with Crippen LogP contribution in [0.1, 0.15) is 38.5 Å². The first-order chi connectivity index (χ1) is 20.7. The number of anilines is 2. The number of ether oxygens (including phenoxy) is 1. The van der Waals surface area contributed by atoms with E-state index >= 15 is 0 Å². The Morgan fingerprint density at radius 3 is 2.37 bits per heavy atom. The van der Waals surface area contributed by atoms with Crippen LogP contribution in [0.4, 0.5) is 11.5 Å². The molecule has 0 radical (unpaired) electrons. The first kappa shape index (κ1) is 32.1. The van der Waals surface area contributed by atoms with Gasteiger partial charge in [-0.3, -0.25) is 9.69 Å². The molecule has 4 aromatic rings. The van der Waals surface area contributed by atoms with Gasteiger partial charge in [0.1, 0.15) is 17.9 Å². The van der Waals surface area contributed by atoms with E-state index in [0.29, 0.717) is 22.0 Å². The van der Waals surface area contributed by atoms with Gasteiger partial charge in [-0.1, -0.05) is 17.7 Å². The third kappa shape index (κ3) is 8.61. The lowest BCUT2D eigenvalue weighted by Gasteiger charge is -2.31.